The summed E-state index contributed by atoms with van der Waals surface area (Å²) in [5, 5.41) is 6.44. The zero-order valence-corrected chi connectivity index (χ0v) is 18.3. The van der Waals surface area contributed by atoms with Gasteiger partial charge in [-0.2, -0.15) is 0 Å². The zero-order chi connectivity index (χ0) is 22.0. The van der Waals surface area contributed by atoms with Crippen molar-refractivity contribution in [1.82, 2.24) is 10.6 Å². The van der Waals surface area contributed by atoms with Gasteiger partial charge in [0.25, 0.3) is 5.91 Å². The fourth-order valence-corrected chi connectivity index (χ4v) is 3.83. The van der Waals surface area contributed by atoms with Crippen LogP contribution < -0.4 is 15.4 Å². The van der Waals surface area contributed by atoms with E-state index in [2.05, 4.69) is 47.0 Å². The molecule has 0 atom stereocenters. The third-order valence-electron chi connectivity index (χ3n) is 5.49. The van der Waals surface area contributed by atoms with Gasteiger partial charge in [-0.05, 0) is 46.9 Å². The number of nitrogens with one attached hydrogen (secondary N) is 2. The van der Waals surface area contributed by atoms with Crippen LogP contribution >= 0.6 is 0 Å². The van der Waals surface area contributed by atoms with Gasteiger partial charge >= 0.3 is 0 Å². The van der Waals surface area contributed by atoms with Crippen LogP contribution in [0.2, 0.25) is 0 Å². The Morgan fingerprint density at radius 2 is 1.78 bits per heavy atom. The van der Waals surface area contributed by atoms with Crippen molar-refractivity contribution in [3.8, 4) is 5.75 Å². The van der Waals surface area contributed by atoms with Gasteiger partial charge in [0.1, 0.15) is 12.4 Å². The molecule has 0 fully saturated rings. The molecule has 0 unspecified atom stereocenters. The lowest BCUT2D eigenvalue weighted by Gasteiger charge is -2.15. The molecule has 3 aromatic carbocycles. The van der Waals surface area contributed by atoms with Gasteiger partial charge in [-0.3, -0.25) is 4.79 Å². The molecule has 5 nitrogen and oxygen atoms in total. The van der Waals surface area contributed by atoms with Crippen molar-refractivity contribution in [2.24, 2.45) is 0 Å². The average molecular weight is 431 g/mol. The fraction of sp³-hybridized carbons (Fsp3) is 0.296. The van der Waals surface area contributed by atoms with E-state index in [4.69, 9.17) is 9.47 Å². The van der Waals surface area contributed by atoms with Crippen molar-refractivity contribution in [3.05, 3.63) is 101 Å². The monoisotopic (exact) mass is 430 g/mol. The van der Waals surface area contributed by atoms with E-state index in [1.807, 2.05) is 36.4 Å². The van der Waals surface area contributed by atoms with Crippen molar-refractivity contribution in [2.45, 2.75) is 19.4 Å². The highest BCUT2D eigenvalue weighted by atomic mass is 16.5. The Labute approximate surface area is 189 Å². The van der Waals surface area contributed by atoms with E-state index >= 15 is 0 Å². The molecule has 1 aliphatic rings. The number of hydrogen-bond acceptors (Lipinski definition) is 4. The summed E-state index contributed by atoms with van der Waals surface area (Å²) in [5.74, 6) is 0.736. The van der Waals surface area contributed by atoms with Gasteiger partial charge in [0.15, 0.2) is 0 Å². The predicted molar refractivity (Wildman–Crippen MR) is 126 cm³/mol. The van der Waals surface area contributed by atoms with E-state index in [1.54, 1.807) is 0 Å². The quantitative estimate of drug-likeness (QED) is 0.662. The Bertz CT molecular complexity index is 1020. The van der Waals surface area contributed by atoms with Crippen molar-refractivity contribution < 1.29 is 14.3 Å². The Morgan fingerprint density at radius 3 is 2.69 bits per heavy atom. The highest BCUT2D eigenvalue weighted by Crippen LogP contribution is 2.24. The smallest absolute Gasteiger partial charge is 0.251 e. The molecule has 166 valence electrons. The van der Waals surface area contributed by atoms with Crippen LogP contribution in [0.3, 0.4) is 0 Å². The second-order valence-corrected chi connectivity index (χ2v) is 7.95. The Kier molecular flexibility index (Phi) is 7.90. The van der Waals surface area contributed by atoms with Crippen LogP contribution in [0, 0.1) is 0 Å². The minimum Gasteiger partial charge on any atom is -0.491 e. The first-order chi connectivity index (χ1) is 15.8. The molecule has 0 aliphatic carbocycles. The van der Waals surface area contributed by atoms with E-state index in [-0.39, 0.29) is 5.91 Å². The van der Waals surface area contributed by atoms with Gasteiger partial charge in [-0.15, -0.1) is 0 Å². The van der Waals surface area contributed by atoms with Gasteiger partial charge in [-0.25, -0.2) is 0 Å². The van der Waals surface area contributed by atoms with Gasteiger partial charge < -0.3 is 20.1 Å². The minimum absolute atomic E-state index is 0.0654. The minimum atomic E-state index is -0.0654. The molecule has 1 aliphatic heterocycles. The third-order valence-corrected chi connectivity index (χ3v) is 5.49. The number of fused-ring (bicyclic) bond motifs is 3. The lowest BCUT2D eigenvalue weighted by molar-refractivity contribution is 0.0953. The predicted octanol–water partition coefficient (Wildman–Crippen LogP) is 3.75. The van der Waals surface area contributed by atoms with Crippen LogP contribution in [0.5, 0.6) is 5.75 Å². The molecule has 2 N–H and O–H groups in total. The topological polar surface area (TPSA) is 59.6 Å². The first kappa shape index (κ1) is 22.1. The van der Waals surface area contributed by atoms with Crippen LogP contribution in [-0.2, 0) is 24.1 Å². The molecule has 0 spiro atoms. The molecule has 0 aromatic heterocycles. The molecule has 4 rings (SSSR count). The van der Waals surface area contributed by atoms with Crippen LogP contribution in [0.1, 0.15) is 32.6 Å². The van der Waals surface area contributed by atoms with E-state index in [9.17, 15) is 4.79 Å². The van der Waals surface area contributed by atoms with Gasteiger partial charge in [-0.1, -0.05) is 54.6 Å². The molecular formula is C27H30N2O3. The second-order valence-electron chi connectivity index (χ2n) is 7.95. The van der Waals surface area contributed by atoms with Crippen molar-refractivity contribution in [1.29, 1.82) is 0 Å². The van der Waals surface area contributed by atoms with E-state index < -0.39 is 0 Å². The SMILES string of the molecule is O=C(NCCc1ccccc1)c1ccc2c(c1)Cc1cccc(c1)CNCCOCCO2. The molecule has 1 amide bonds. The van der Waals surface area contributed by atoms with E-state index in [1.165, 1.54) is 16.7 Å². The number of ether oxygens (including phenoxy) is 2. The molecule has 5 heteroatoms. The molecule has 2 bridgehead atoms. The highest BCUT2D eigenvalue weighted by Gasteiger charge is 2.12. The summed E-state index contributed by atoms with van der Waals surface area (Å²) >= 11 is 0. The van der Waals surface area contributed by atoms with Gasteiger partial charge in [0.2, 0.25) is 0 Å². The number of hydrogen-bond donors (Lipinski definition) is 2. The number of carbonyl (C=O) groups is 1. The number of benzene rings is 3. The largest absolute Gasteiger partial charge is 0.491 e. The normalized spacial score (nSPS) is 14.5. The maximum atomic E-state index is 12.8. The molecule has 0 saturated carbocycles. The summed E-state index contributed by atoms with van der Waals surface area (Å²) < 4.78 is 11.6. The highest BCUT2D eigenvalue weighted by molar-refractivity contribution is 5.94. The van der Waals surface area contributed by atoms with Crippen LogP contribution in [0.25, 0.3) is 0 Å². The van der Waals surface area contributed by atoms with Crippen LogP contribution in [0.15, 0.2) is 72.8 Å². The summed E-state index contributed by atoms with van der Waals surface area (Å²) in [7, 11) is 0. The van der Waals surface area contributed by atoms with Crippen molar-refractivity contribution >= 4 is 5.91 Å². The number of rotatable bonds is 4. The second kappa shape index (κ2) is 11.5. The maximum Gasteiger partial charge on any atom is 0.251 e. The number of amides is 1. The van der Waals surface area contributed by atoms with E-state index in [0.29, 0.717) is 38.3 Å². The molecule has 32 heavy (non-hydrogen) atoms. The molecule has 0 radical (unpaired) electrons. The lowest BCUT2D eigenvalue weighted by Crippen LogP contribution is -2.25. The Hall–Kier alpha value is -3.15. The first-order valence-corrected chi connectivity index (χ1v) is 11.2. The summed E-state index contributed by atoms with van der Waals surface area (Å²) in [6, 6.07) is 24.4. The molecular weight excluding hydrogens is 400 g/mol. The third kappa shape index (κ3) is 6.42. The summed E-state index contributed by atoms with van der Waals surface area (Å²) in [6.07, 6.45) is 1.51. The maximum absolute atomic E-state index is 12.8. The van der Waals surface area contributed by atoms with Crippen molar-refractivity contribution in [3.63, 3.8) is 0 Å². The zero-order valence-electron chi connectivity index (χ0n) is 18.3. The Morgan fingerprint density at radius 1 is 0.906 bits per heavy atom. The lowest BCUT2D eigenvalue weighted by atomic mass is 9.99. The summed E-state index contributed by atoms with van der Waals surface area (Å²) in [5.41, 5.74) is 5.29. The van der Waals surface area contributed by atoms with Gasteiger partial charge in [0, 0.05) is 31.6 Å². The fourth-order valence-electron chi connectivity index (χ4n) is 3.83. The standard InChI is InChI=1S/C27H30N2O3/c30-27(29-12-11-21-5-2-1-3-6-21)24-9-10-26-25(19-24)18-22-7-4-8-23(17-22)20-28-13-14-31-15-16-32-26/h1-10,17,19,28H,11-16,18,20H2,(H,29,30). The molecule has 0 saturated heterocycles. The van der Waals surface area contributed by atoms with Crippen LogP contribution in [-0.4, -0.2) is 38.8 Å². The average Bonchev–Trinajstić information content (AvgIpc) is 2.82. The first-order valence-electron chi connectivity index (χ1n) is 11.2. The number of carbonyl (C=O) groups excluding carboxylic acids is 1. The molecule has 3 aromatic rings. The summed E-state index contributed by atoms with van der Waals surface area (Å²) in [6.45, 7) is 3.89. The molecule has 1 heterocycles. The van der Waals surface area contributed by atoms with Crippen molar-refractivity contribution in [2.75, 3.05) is 32.9 Å². The van der Waals surface area contributed by atoms with Gasteiger partial charge in [0.05, 0.1) is 13.2 Å². The van der Waals surface area contributed by atoms with Crippen LogP contribution in [0.4, 0.5) is 0 Å². The Balaban J connectivity index is 1.49. The van der Waals surface area contributed by atoms with E-state index in [0.717, 1.165) is 30.8 Å². The summed E-state index contributed by atoms with van der Waals surface area (Å²) in [4.78, 5) is 12.8.